The van der Waals surface area contributed by atoms with E-state index in [2.05, 4.69) is 15.0 Å². The molecule has 0 radical (unpaired) electrons. The Bertz CT molecular complexity index is 1400. The van der Waals surface area contributed by atoms with Crippen molar-refractivity contribution in [2.75, 3.05) is 0 Å². The highest BCUT2D eigenvalue weighted by molar-refractivity contribution is 5.97. The summed E-state index contributed by atoms with van der Waals surface area (Å²) < 4.78 is 1.78. The molecule has 0 amide bonds. The van der Waals surface area contributed by atoms with Gasteiger partial charge in [0.2, 0.25) is 0 Å². The SMILES string of the molecule is Cc1cccc(C=O)n1.Cn1c(C=O)nc2ccccc21.O=Cc1cncc2ccccc12. The summed E-state index contributed by atoms with van der Waals surface area (Å²) in [7, 11) is 1.83. The fraction of sp³-hybridized carbons (Fsp3) is 0.0769. The normalized spacial score (nSPS) is 9.88. The van der Waals surface area contributed by atoms with Crippen LogP contribution in [0.3, 0.4) is 0 Å². The van der Waals surface area contributed by atoms with Crippen LogP contribution in [-0.4, -0.2) is 38.4 Å². The standard InChI is InChI=1S/C10H7NO.C9H8N2O.C7H7NO/c12-7-9-6-11-5-8-3-1-2-4-10(8)9;1-11-8-5-3-2-4-7(8)10-9(11)6-12;1-6-3-2-4-7(5-9)8-6/h1-7H;2-6H,1H3;2-5H,1H3. The predicted octanol–water partition coefficient (Wildman–Crippen LogP) is 4.64. The fourth-order valence-electron chi connectivity index (χ4n) is 3.13. The van der Waals surface area contributed by atoms with E-state index in [0.717, 1.165) is 46.4 Å². The first kappa shape index (κ1) is 23.1. The molecule has 0 spiro atoms. The van der Waals surface area contributed by atoms with E-state index in [1.54, 1.807) is 23.0 Å². The quantitative estimate of drug-likeness (QED) is 0.381. The molecular formula is C26H22N4O3. The third-order valence-corrected chi connectivity index (χ3v) is 4.78. The molecular weight excluding hydrogens is 416 g/mol. The summed E-state index contributed by atoms with van der Waals surface area (Å²) in [6, 6.07) is 20.7. The third kappa shape index (κ3) is 5.80. The van der Waals surface area contributed by atoms with Crippen LogP contribution in [0, 0.1) is 6.92 Å². The van der Waals surface area contributed by atoms with Crippen molar-refractivity contribution in [3.8, 4) is 0 Å². The van der Waals surface area contributed by atoms with Crippen molar-refractivity contribution in [2.45, 2.75) is 6.92 Å². The number of para-hydroxylation sites is 2. The van der Waals surface area contributed by atoms with Crippen LogP contribution >= 0.6 is 0 Å². The molecule has 7 nitrogen and oxygen atoms in total. The molecule has 3 aromatic heterocycles. The maximum absolute atomic E-state index is 10.6. The first-order valence-electron chi connectivity index (χ1n) is 10.1. The Labute approximate surface area is 190 Å². The summed E-state index contributed by atoms with van der Waals surface area (Å²) in [4.78, 5) is 43.2. The molecule has 2 aromatic carbocycles. The molecule has 5 rings (SSSR count). The zero-order valence-electron chi connectivity index (χ0n) is 18.3. The number of benzene rings is 2. The number of pyridine rings is 2. The predicted molar refractivity (Wildman–Crippen MR) is 128 cm³/mol. The molecule has 0 unspecified atom stereocenters. The molecule has 33 heavy (non-hydrogen) atoms. The first-order chi connectivity index (χ1) is 16.1. The lowest BCUT2D eigenvalue weighted by atomic mass is 10.1. The van der Waals surface area contributed by atoms with Gasteiger partial charge < -0.3 is 4.57 Å². The highest BCUT2D eigenvalue weighted by Crippen LogP contribution is 2.15. The van der Waals surface area contributed by atoms with Gasteiger partial charge in [0.15, 0.2) is 24.7 Å². The second-order valence-corrected chi connectivity index (χ2v) is 7.02. The number of hydrogen-bond donors (Lipinski definition) is 0. The molecule has 0 fully saturated rings. The number of aryl methyl sites for hydroxylation is 2. The average Bonchev–Trinajstić information content (AvgIpc) is 3.20. The average molecular weight is 438 g/mol. The number of aldehydes is 3. The summed E-state index contributed by atoms with van der Waals surface area (Å²) in [6.45, 7) is 1.85. The van der Waals surface area contributed by atoms with E-state index in [9.17, 15) is 14.4 Å². The van der Waals surface area contributed by atoms with Crippen LogP contribution in [0.5, 0.6) is 0 Å². The summed E-state index contributed by atoms with van der Waals surface area (Å²) >= 11 is 0. The van der Waals surface area contributed by atoms with Crippen molar-refractivity contribution in [3.63, 3.8) is 0 Å². The lowest BCUT2D eigenvalue weighted by Gasteiger charge is -1.97. The third-order valence-electron chi connectivity index (χ3n) is 4.78. The van der Waals surface area contributed by atoms with Crippen molar-refractivity contribution in [3.05, 3.63) is 102 Å². The van der Waals surface area contributed by atoms with Crippen LogP contribution in [-0.2, 0) is 7.05 Å². The van der Waals surface area contributed by atoms with Crippen molar-refractivity contribution in [1.29, 1.82) is 0 Å². The highest BCUT2D eigenvalue weighted by atomic mass is 16.1. The number of carbonyl (C=O) groups is 3. The monoisotopic (exact) mass is 438 g/mol. The largest absolute Gasteiger partial charge is 0.325 e. The number of aromatic nitrogens is 4. The van der Waals surface area contributed by atoms with E-state index in [-0.39, 0.29) is 0 Å². The minimum absolute atomic E-state index is 0.469. The molecule has 3 heterocycles. The smallest absolute Gasteiger partial charge is 0.185 e. The molecule has 0 aliphatic heterocycles. The van der Waals surface area contributed by atoms with Gasteiger partial charge in [0.25, 0.3) is 0 Å². The Morgan fingerprint density at radius 3 is 2.18 bits per heavy atom. The second-order valence-electron chi connectivity index (χ2n) is 7.02. The van der Waals surface area contributed by atoms with Crippen molar-refractivity contribution in [2.24, 2.45) is 7.05 Å². The number of fused-ring (bicyclic) bond motifs is 2. The van der Waals surface area contributed by atoms with Crippen LogP contribution in [0.25, 0.3) is 21.8 Å². The van der Waals surface area contributed by atoms with Crippen LogP contribution in [0.1, 0.15) is 37.2 Å². The Morgan fingerprint density at radius 1 is 0.758 bits per heavy atom. The van der Waals surface area contributed by atoms with Gasteiger partial charge in [-0.1, -0.05) is 42.5 Å². The Hall–Kier alpha value is -4.52. The Morgan fingerprint density at radius 2 is 1.52 bits per heavy atom. The summed E-state index contributed by atoms with van der Waals surface area (Å²) in [6.07, 6.45) is 5.67. The maximum atomic E-state index is 10.6. The van der Waals surface area contributed by atoms with Gasteiger partial charge in [-0.2, -0.15) is 0 Å². The number of nitrogens with zero attached hydrogens (tertiary/aromatic N) is 4. The molecule has 0 aliphatic carbocycles. The Kier molecular flexibility index (Phi) is 7.86. The molecule has 0 N–H and O–H groups in total. The molecule has 164 valence electrons. The maximum Gasteiger partial charge on any atom is 0.185 e. The van der Waals surface area contributed by atoms with Crippen LogP contribution in [0.2, 0.25) is 0 Å². The zero-order valence-corrected chi connectivity index (χ0v) is 18.3. The minimum Gasteiger partial charge on any atom is -0.325 e. The van der Waals surface area contributed by atoms with Gasteiger partial charge in [0, 0.05) is 36.1 Å². The van der Waals surface area contributed by atoms with E-state index in [1.807, 2.05) is 74.6 Å². The van der Waals surface area contributed by atoms with Crippen LogP contribution < -0.4 is 0 Å². The van der Waals surface area contributed by atoms with E-state index in [1.165, 1.54) is 0 Å². The second kappa shape index (κ2) is 11.2. The van der Waals surface area contributed by atoms with Gasteiger partial charge in [0.05, 0.1) is 11.0 Å². The summed E-state index contributed by atoms with van der Waals surface area (Å²) in [5, 5.41) is 1.96. The number of imidazole rings is 1. The van der Waals surface area contributed by atoms with Gasteiger partial charge >= 0.3 is 0 Å². The van der Waals surface area contributed by atoms with E-state index >= 15 is 0 Å². The van der Waals surface area contributed by atoms with Crippen LogP contribution in [0.4, 0.5) is 0 Å². The fourth-order valence-corrected chi connectivity index (χ4v) is 3.13. The summed E-state index contributed by atoms with van der Waals surface area (Å²) in [5.74, 6) is 0.469. The molecule has 0 saturated heterocycles. The first-order valence-corrected chi connectivity index (χ1v) is 10.1. The van der Waals surface area contributed by atoms with Crippen molar-refractivity contribution >= 4 is 40.7 Å². The summed E-state index contributed by atoms with van der Waals surface area (Å²) in [5.41, 5.74) is 3.87. The van der Waals surface area contributed by atoms with Gasteiger partial charge in [-0.15, -0.1) is 0 Å². The van der Waals surface area contributed by atoms with Gasteiger partial charge in [-0.05, 0) is 36.6 Å². The number of carbonyl (C=O) groups excluding carboxylic acids is 3. The van der Waals surface area contributed by atoms with Crippen molar-refractivity contribution in [1.82, 2.24) is 19.5 Å². The van der Waals surface area contributed by atoms with Gasteiger partial charge in [0.1, 0.15) is 5.69 Å². The molecule has 5 aromatic rings. The van der Waals surface area contributed by atoms with Gasteiger partial charge in [-0.25, -0.2) is 4.98 Å². The molecule has 0 atom stereocenters. The van der Waals surface area contributed by atoms with E-state index in [0.29, 0.717) is 17.1 Å². The van der Waals surface area contributed by atoms with Crippen molar-refractivity contribution < 1.29 is 14.4 Å². The number of rotatable bonds is 3. The zero-order chi connectivity index (χ0) is 23.6. The Balaban J connectivity index is 0.000000141. The minimum atomic E-state index is 0.469. The molecule has 0 saturated carbocycles. The number of hydrogen-bond acceptors (Lipinski definition) is 6. The van der Waals surface area contributed by atoms with Gasteiger partial charge in [-0.3, -0.25) is 24.4 Å². The lowest BCUT2D eigenvalue weighted by Crippen LogP contribution is -1.94. The lowest BCUT2D eigenvalue weighted by molar-refractivity contribution is 0.110. The van der Waals surface area contributed by atoms with E-state index < -0.39 is 0 Å². The molecule has 0 aliphatic rings. The highest BCUT2D eigenvalue weighted by Gasteiger charge is 2.04. The molecule has 7 heteroatoms. The topological polar surface area (TPSA) is 94.8 Å². The van der Waals surface area contributed by atoms with E-state index in [4.69, 9.17) is 0 Å². The van der Waals surface area contributed by atoms with Crippen LogP contribution in [0.15, 0.2) is 79.1 Å². The molecule has 0 bridgehead atoms.